The van der Waals surface area contributed by atoms with Gasteiger partial charge in [0.1, 0.15) is 5.15 Å². The summed E-state index contributed by atoms with van der Waals surface area (Å²) >= 11 is 5.96. The number of benzene rings is 2. The van der Waals surface area contributed by atoms with Crippen LogP contribution in [0.25, 0.3) is 10.9 Å². The van der Waals surface area contributed by atoms with Crippen LogP contribution in [0.3, 0.4) is 0 Å². The van der Waals surface area contributed by atoms with Crippen molar-refractivity contribution in [3.63, 3.8) is 0 Å². The van der Waals surface area contributed by atoms with Gasteiger partial charge in [0.15, 0.2) is 6.61 Å². The molecule has 0 aliphatic carbocycles. The number of halogens is 1. The Balaban J connectivity index is 1.55. The quantitative estimate of drug-likeness (QED) is 0.535. The maximum absolute atomic E-state index is 12.3. The van der Waals surface area contributed by atoms with Crippen molar-refractivity contribution in [1.29, 1.82) is 0 Å². The second kappa shape index (κ2) is 8.45. The van der Waals surface area contributed by atoms with E-state index in [0.717, 1.165) is 5.56 Å². The Bertz CT molecular complexity index is 929. The monoisotopic (exact) mass is 368 g/mol. The van der Waals surface area contributed by atoms with Crippen molar-refractivity contribution in [3.05, 3.63) is 76.9 Å². The molecule has 3 rings (SSSR count). The number of ether oxygens (including phenoxy) is 1. The average molecular weight is 369 g/mol. The molecule has 1 aromatic heterocycles. The van der Waals surface area contributed by atoms with Crippen molar-refractivity contribution in [2.75, 3.05) is 13.2 Å². The molecule has 26 heavy (non-hydrogen) atoms. The topological polar surface area (TPSA) is 68.3 Å². The number of hydrogen-bond donors (Lipinski definition) is 1. The Kier molecular flexibility index (Phi) is 5.81. The first-order valence-corrected chi connectivity index (χ1v) is 8.54. The van der Waals surface area contributed by atoms with Gasteiger partial charge in [-0.3, -0.25) is 4.79 Å². The molecule has 0 fully saturated rings. The summed E-state index contributed by atoms with van der Waals surface area (Å²) in [6, 6.07) is 18.4. The van der Waals surface area contributed by atoms with E-state index in [2.05, 4.69) is 10.3 Å². The number of esters is 1. The molecule has 1 N–H and O–H groups in total. The number of amides is 1. The summed E-state index contributed by atoms with van der Waals surface area (Å²) in [5, 5.41) is 3.56. The molecule has 0 spiro atoms. The van der Waals surface area contributed by atoms with E-state index in [4.69, 9.17) is 16.3 Å². The van der Waals surface area contributed by atoms with Crippen molar-refractivity contribution < 1.29 is 14.3 Å². The van der Waals surface area contributed by atoms with E-state index in [1.54, 1.807) is 24.3 Å². The molecule has 0 saturated carbocycles. The molecule has 0 unspecified atom stereocenters. The van der Waals surface area contributed by atoms with Crippen LogP contribution >= 0.6 is 11.6 Å². The molecule has 1 heterocycles. The van der Waals surface area contributed by atoms with Crippen LogP contribution in [0.4, 0.5) is 0 Å². The van der Waals surface area contributed by atoms with E-state index in [9.17, 15) is 9.59 Å². The standard InChI is InChI=1S/C20H17ClN2O3/c21-18-12-16(15-8-4-5-9-17(15)23-18)20(25)26-13-19(24)22-11-10-14-6-2-1-3-7-14/h1-9,12H,10-11,13H2,(H,22,24). The lowest BCUT2D eigenvalue weighted by Gasteiger charge is -2.09. The summed E-state index contributed by atoms with van der Waals surface area (Å²) in [5.41, 5.74) is 2.01. The van der Waals surface area contributed by atoms with Crippen LogP contribution in [-0.2, 0) is 16.0 Å². The lowest BCUT2D eigenvalue weighted by Crippen LogP contribution is -2.30. The van der Waals surface area contributed by atoms with Gasteiger partial charge >= 0.3 is 5.97 Å². The van der Waals surface area contributed by atoms with Crippen LogP contribution in [0.1, 0.15) is 15.9 Å². The maximum Gasteiger partial charge on any atom is 0.339 e. The Labute approximate surface area is 156 Å². The Morgan fingerprint density at radius 2 is 1.77 bits per heavy atom. The predicted octanol–water partition coefficient (Wildman–Crippen LogP) is 3.40. The van der Waals surface area contributed by atoms with Gasteiger partial charge in [0.25, 0.3) is 5.91 Å². The second-order valence-corrected chi connectivity index (χ2v) is 6.06. The molecule has 0 saturated heterocycles. The smallest absolute Gasteiger partial charge is 0.339 e. The molecule has 0 atom stereocenters. The first kappa shape index (κ1) is 17.9. The number of pyridine rings is 1. The van der Waals surface area contributed by atoms with Gasteiger partial charge < -0.3 is 10.1 Å². The number of carbonyl (C=O) groups excluding carboxylic acids is 2. The fraction of sp³-hybridized carbons (Fsp3) is 0.150. The molecule has 3 aromatic rings. The number of para-hydroxylation sites is 1. The zero-order valence-electron chi connectivity index (χ0n) is 13.9. The minimum atomic E-state index is -0.608. The molecular formula is C20H17ClN2O3. The van der Waals surface area contributed by atoms with Gasteiger partial charge in [-0.15, -0.1) is 0 Å². The highest BCUT2D eigenvalue weighted by Crippen LogP contribution is 2.21. The van der Waals surface area contributed by atoms with E-state index in [1.165, 1.54) is 6.07 Å². The average Bonchev–Trinajstić information content (AvgIpc) is 2.66. The first-order chi connectivity index (χ1) is 12.6. The molecular weight excluding hydrogens is 352 g/mol. The maximum atomic E-state index is 12.3. The number of nitrogens with zero attached hydrogens (tertiary/aromatic N) is 1. The number of carbonyl (C=O) groups is 2. The van der Waals surface area contributed by atoms with E-state index in [0.29, 0.717) is 23.9 Å². The number of hydrogen-bond acceptors (Lipinski definition) is 4. The number of rotatable bonds is 6. The van der Waals surface area contributed by atoms with Gasteiger partial charge in [0, 0.05) is 11.9 Å². The Morgan fingerprint density at radius 1 is 1.04 bits per heavy atom. The van der Waals surface area contributed by atoms with Crippen LogP contribution in [0.2, 0.25) is 5.15 Å². The minimum Gasteiger partial charge on any atom is -0.452 e. The van der Waals surface area contributed by atoms with Crippen molar-refractivity contribution in [2.24, 2.45) is 0 Å². The Hall–Kier alpha value is -2.92. The molecule has 0 radical (unpaired) electrons. The molecule has 5 nitrogen and oxygen atoms in total. The fourth-order valence-electron chi connectivity index (χ4n) is 2.56. The minimum absolute atomic E-state index is 0.197. The number of aromatic nitrogens is 1. The lowest BCUT2D eigenvalue weighted by molar-refractivity contribution is -0.124. The van der Waals surface area contributed by atoms with Crippen molar-refractivity contribution in [2.45, 2.75) is 6.42 Å². The van der Waals surface area contributed by atoms with E-state index in [-0.39, 0.29) is 23.2 Å². The van der Waals surface area contributed by atoms with Gasteiger partial charge in [-0.1, -0.05) is 60.1 Å². The molecule has 0 aliphatic rings. The summed E-state index contributed by atoms with van der Waals surface area (Å²) in [4.78, 5) is 28.4. The van der Waals surface area contributed by atoms with E-state index < -0.39 is 5.97 Å². The van der Waals surface area contributed by atoms with Crippen LogP contribution in [-0.4, -0.2) is 30.0 Å². The molecule has 6 heteroatoms. The highest BCUT2D eigenvalue weighted by Gasteiger charge is 2.15. The SMILES string of the molecule is O=C(COC(=O)c1cc(Cl)nc2ccccc12)NCCc1ccccc1. The third-order valence-electron chi connectivity index (χ3n) is 3.82. The van der Waals surface area contributed by atoms with Gasteiger partial charge in [0.05, 0.1) is 11.1 Å². The van der Waals surface area contributed by atoms with Crippen LogP contribution < -0.4 is 5.32 Å². The third kappa shape index (κ3) is 4.58. The summed E-state index contributed by atoms with van der Waals surface area (Å²) < 4.78 is 5.12. The van der Waals surface area contributed by atoms with Gasteiger partial charge in [-0.2, -0.15) is 0 Å². The summed E-state index contributed by atoms with van der Waals surface area (Å²) in [6.45, 7) is 0.131. The van der Waals surface area contributed by atoms with Gasteiger partial charge in [-0.25, -0.2) is 9.78 Å². The predicted molar refractivity (Wildman–Crippen MR) is 100 cm³/mol. The van der Waals surface area contributed by atoms with Gasteiger partial charge in [0.2, 0.25) is 0 Å². The molecule has 2 aromatic carbocycles. The highest BCUT2D eigenvalue weighted by molar-refractivity contribution is 6.30. The van der Waals surface area contributed by atoms with Gasteiger partial charge in [-0.05, 0) is 24.1 Å². The van der Waals surface area contributed by atoms with Crippen molar-refractivity contribution in [1.82, 2.24) is 10.3 Å². The van der Waals surface area contributed by atoms with E-state index >= 15 is 0 Å². The molecule has 132 valence electrons. The molecule has 0 bridgehead atoms. The number of fused-ring (bicyclic) bond motifs is 1. The normalized spacial score (nSPS) is 10.5. The second-order valence-electron chi connectivity index (χ2n) is 5.67. The van der Waals surface area contributed by atoms with Crippen LogP contribution in [0, 0.1) is 0 Å². The first-order valence-electron chi connectivity index (χ1n) is 8.16. The fourth-order valence-corrected chi connectivity index (χ4v) is 2.76. The van der Waals surface area contributed by atoms with Crippen molar-refractivity contribution in [3.8, 4) is 0 Å². The largest absolute Gasteiger partial charge is 0.452 e. The van der Waals surface area contributed by atoms with Crippen LogP contribution in [0.5, 0.6) is 0 Å². The Morgan fingerprint density at radius 3 is 2.58 bits per heavy atom. The third-order valence-corrected chi connectivity index (χ3v) is 4.01. The summed E-state index contributed by atoms with van der Waals surface area (Å²) in [7, 11) is 0. The van der Waals surface area contributed by atoms with Crippen molar-refractivity contribution >= 4 is 34.4 Å². The molecule has 0 aliphatic heterocycles. The molecule has 1 amide bonds. The highest BCUT2D eigenvalue weighted by atomic mass is 35.5. The summed E-state index contributed by atoms with van der Waals surface area (Å²) in [5.74, 6) is -0.956. The van der Waals surface area contributed by atoms with Crippen LogP contribution in [0.15, 0.2) is 60.7 Å². The van der Waals surface area contributed by atoms with E-state index in [1.807, 2.05) is 30.3 Å². The lowest BCUT2D eigenvalue weighted by atomic mass is 10.1. The zero-order chi connectivity index (χ0) is 18.4. The summed E-state index contributed by atoms with van der Waals surface area (Å²) in [6.07, 6.45) is 0.713. The zero-order valence-corrected chi connectivity index (χ0v) is 14.7. The number of nitrogens with one attached hydrogen (secondary N) is 1.